The predicted molar refractivity (Wildman–Crippen MR) is 84.9 cm³/mol. The third-order valence-electron chi connectivity index (χ3n) is 4.08. The molecule has 0 spiro atoms. The van der Waals surface area contributed by atoms with E-state index < -0.39 is 11.4 Å². The monoisotopic (exact) mass is 319 g/mol. The van der Waals surface area contributed by atoms with Gasteiger partial charge in [0.05, 0.1) is 18.3 Å². The number of anilines is 2. The first-order valence-electron chi connectivity index (χ1n) is 7.64. The van der Waals surface area contributed by atoms with E-state index in [1.165, 1.54) is 13.1 Å². The fourth-order valence-electron chi connectivity index (χ4n) is 3.13. The van der Waals surface area contributed by atoms with Crippen LogP contribution in [0.3, 0.4) is 0 Å². The van der Waals surface area contributed by atoms with Crippen LogP contribution in [0.15, 0.2) is 18.3 Å². The van der Waals surface area contributed by atoms with Crippen LogP contribution in [0, 0.1) is 5.41 Å². The molecule has 2 amide bonds. The first kappa shape index (κ1) is 16.9. The number of aromatic nitrogens is 1. The maximum absolute atomic E-state index is 12.2. The van der Waals surface area contributed by atoms with Gasteiger partial charge < -0.3 is 15.7 Å². The molecule has 3 N–H and O–H groups in total. The van der Waals surface area contributed by atoms with Crippen molar-refractivity contribution in [3.8, 4) is 0 Å². The first-order chi connectivity index (χ1) is 10.9. The van der Waals surface area contributed by atoms with Crippen molar-refractivity contribution in [1.82, 2.24) is 4.98 Å². The van der Waals surface area contributed by atoms with Crippen molar-refractivity contribution in [2.24, 2.45) is 5.41 Å². The van der Waals surface area contributed by atoms with Crippen molar-refractivity contribution in [3.63, 3.8) is 0 Å². The van der Waals surface area contributed by atoms with Gasteiger partial charge in [0, 0.05) is 13.3 Å². The van der Waals surface area contributed by atoms with Gasteiger partial charge in [0.2, 0.25) is 11.8 Å². The van der Waals surface area contributed by atoms with E-state index in [9.17, 15) is 14.4 Å². The number of pyridine rings is 1. The second-order valence-electron chi connectivity index (χ2n) is 6.12. The van der Waals surface area contributed by atoms with Gasteiger partial charge in [-0.1, -0.05) is 12.8 Å². The van der Waals surface area contributed by atoms with E-state index in [0.29, 0.717) is 11.5 Å². The van der Waals surface area contributed by atoms with Gasteiger partial charge in [-0.3, -0.25) is 14.4 Å². The second-order valence-corrected chi connectivity index (χ2v) is 6.12. The molecule has 0 aromatic carbocycles. The highest BCUT2D eigenvalue weighted by molar-refractivity contribution is 5.92. The summed E-state index contributed by atoms with van der Waals surface area (Å²) in [4.78, 5) is 38.2. The van der Waals surface area contributed by atoms with Crippen LogP contribution in [0.25, 0.3) is 0 Å². The minimum atomic E-state index is -0.860. The lowest BCUT2D eigenvalue weighted by Crippen LogP contribution is -2.27. The molecular weight excluding hydrogens is 298 g/mol. The topological polar surface area (TPSA) is 108 Å². The molecule has 0 unspecified atom stereocenters. The summed E-state index contributed by atoms with van der Waals surface area (Å²) in [6.07, 6.45) is 5.16. The van der Waals surface area contributed by atoms with Crippen molar-refractivity contribution >= 4 is 29.3 Å². The average Bonchev–Trinajstić information content (AvgIpc) is 2.87. The molecule has 1 heterocycles. The molecule has 1 aromatic heterocycles. The Bertz CT molecular complexity index is 592. The molecule has 7 heteroatoms. The Hall–Kier alpha value is -2.44. The Kier molecular flexibility index (Phi) is 5.31. The summed E-state index contributed by atoms with van der Waals surface area (Å²) >= 11 is 0. The summed E-state index contributed by atoms with van der Waals surface area (Å²) in [6.45, 7) is 1.39. The lowest BCUT2D eigenvalue weighted by Gasteiger charge is -2.26. The quantitative estimate of drug-likeness (QED) is 0.746. The number of carboxylic acid groups (broad SMARTS) is 1. The minimum Gasteiger partial charge on any atom is -0.481 e. The lowest BCUT2D eigenvalue weighted by atomic mass is 9.79. The zero-order valence-electron chi connectivity index (χ0n) is 13.1. The first-order valence-corrected chi connectivity index (χ1v) is 7.64. The Morgan fingerprint density at radius 2 is 1.87 bits per heavy atom. The molecule has 0 aliphatic heterocycles. The summed E-state index contributed by atoms with van der Waals surface area (Å²) in [5.41, 5.74) is 0.0898. The highest BCUT2D eigenvalue weighted by Gasteiger charge is 2.37. The maximum Gasteiger partial charge on any atom is 0.303 e. The zero-order chi connectivity index (χ0) is 16.9. The number of rotatable bonds is 6. The normalized spacial score (nSPS) is 15.9. The van der Waals surface area contributed by atoms with E-state index in [0.717, 1.165) is 25.7 Å². The van der Waals surface area contributed by atoms with Gasteiger partial charge in [0.25, 0.3) is 0 Å². The molecule has 0 radical (unpaired) electrons. The second kappa shape index (κ2) is 7.21. The summed E-state index contributed by atoms with van der Waals surface area (Å²) in [5, 5.41) is 14.4. The largest absolute Gasteiger partial charge is 0.481 e. The van der Waals surface area contributed by atoms with Gasteiger partial charge in [0.15, 0.2) is 0 Å². The van der Waals surface area contributed by atoms with Gasteiger partial charge in [0.1, 0.15) is 5.82 Å². The molecule has 1 fully saturated rings. The van der Waals surface area contributed by atoms with Gasteiger partial charge in [-0.25, -0.2) is 4.98 Å². The third kappa shape index (κ3) is 5.05. The molecule has 0 atom stereocenters. The maximum atomic E-state index is 12.2. The number of nitrogens with zero attached hydrogens (tertiary/aromatic N) is 1. The summed E-state index contributed by atoms with van der Waals surface area (Å²) < 4.78 is 0. The number of hydrogen-bond donors (Lipinski definition) is 3. The fourth-order valence-corrected chi connectivity index (χ4v) is 3.13. The SMILES string of the molecule is CC(=O)Nc1ccc(NC(=O)CC2(CC(=O)O)CCCC2)cn1. The van der Waals surface area contributed by atoms with E-state index in [2.05, 4.69) is 15.6 Å². The van der Waals surface area contributed by atoms with Crippen LogP contribution in [0.1, 0.15) is 45.4 Å². The Morgan fingerprint density at radius 1 is 1.17 bits per heavy atom. The number of carbonyl (C=O) groups is 3. The lowest BCUT2D eigenvalue weighted by molar-refractivity contribution is -0.140. The van der Waals surface area contributed by atoms with Crippen molar-refractivity contribution < 1.29 is 19.5 Å². The van der Waals surface area contributed by atoms with E-state index in [1.54, 1.807) is 12.1 Å². The Labute approximate surface area is 134 Å². The molecule has 124 valence electrons. The summed E-state index contributed by atoms with van der Waals surface area (Å²) in [7, 11) is 0. The standard InChI is InChI=1S/C16H21N3O4/c1-11(20)18-13-5-4-12(10-17-13)19-14(21)8-16(9-15(22)23)6-2-3-7-16/h4-5,10H,2-3,6-9H2,1H3,(H,19,21)(H,22,23)(H,17,18,20). The molecule has 7 nitrogen and oxygen atoms in total. The van der Waals surface area contributed by atoms with E-state index in [1.807, 2.05) is 0 Å². The summed E-state index contributed by atoms with van der Waals surface area (Å²) in [6, 6.07) is 3.24. The zero-order valence-corrected chi connectivity index (χ0v) is 13.1. The van der Waals surface area contributed by atoms with E-state index in [-0.39, 0.29) is 24.7 Å². The number of carboxylic acids is 1. The molecule has 0 saturated heterocycles. The predicted octanol–water partition coefficient (Wildman–Crippen LogP) is 2.40. The number of amides is 2. The molecule has 1 aromatic rings. The molecule has 1 saturated carbocycles. The van der Waals surface area contributed by atoms with Crippen LogP contribution in [0.5, 0.6) is 0 Å². The molecular formula is C16H21N3O4. The number of nitrogens with one attached hydrogen (secondary N) is 2. The molecule has 1 aliphatic carbocycles. The van der Waals surface area contributed by atoms with Crippen LogP contribution in [-0.2, 0) is 14.4 Å². The fraction of sp³-hybridized carbons (Fsp3) is 0.500. The highest BCUT2D eigenvalue weighted by Crippen LogP contribution is 2.44. The van der Waals surface area contributed by atoms with Crippen LogP contribution >= 0.6 is 0 Å². The van der Waals surface area contributed by atoms with E-state index >= 15 is 0 Å². The van der Waals surface area contributed by atoms with Gasteiger partial charge in [-0.05, 0) is 30.4 Å². The molecule has 23 heavy (non-hydrogen) atoms. The number of carbonyl (C=O) groups excluding carboxylic acids is 2. The Morgan fingerprint density at radius 3 is 2.39 bits per heavy atom. The molecule has 2 rings (SSSR count). The van der Waals surface area contributed by atoms with Crippen LogP contribution in [0.2, 0.25) is 0 Å². The number of aliphatic carboxylic acids is 1. The van der Waals surface area contributed by atoms with Crippen LogP contribution in [-0.4, -0.2) is 27.9 Å². The van der Waals surface area contributed by atoms with Crippen molar-refractivity contribution in [1.29, 1.82) is 0 Å². The van der Waals surface area contributed by atoms with Crippen molar-refractivity contribution in [2.45, 2.75) is 45.4 Å². The van der Waals surface area contributed by atoms with Gasteiger partial charge in [-0.2, -0.15) is 0 Å². The number of hydrogen-bond acceptors (Lipinski definition) is 4. The van der Waals surface area contributed by atoms with Gasteiger partial charge >= 0.3 is 5.97 Å². The van der Waals surface area contributed by atoms with Crippen LogP contribution in [0.4, 0.5) is 11.5 Å². The van der Waals surface area contributed by atoms with Crippen molar-refractivity contribution in [3.05, 3.63) is 18.3 Å². The highest BCUT2D eigenvalue weighted by atomic mass is 16.4. The van der Waals surface area contributed by atoms with Crippen molar-refractivity contribution in [2.75, 3.05) is 10.6 Å². The summed E-state index contributed by atoms with van der Waals surface area (Å²) in [5.74, 6) is -0.872. The van der Waals surface area contributed by atoms with Crippen LogP contribution < -0.4 is 10.6 Å². The van der Waals surface area contributed by atoms with Gasteiger partial charge in [-0.15, -0.1) is 0 Å². The average molecular weight is 319 g/mol. The molecule has 1 aliphatic rings. The van der Waals surface area contributed by atoms with E-state index in [4.69, 9.17) is 5.11 Å². The molecule has 0 bridgehead atoms. The smallest absolute Gasteiger partial charge is 0.303 e. The Balaban J connectivity index is 1.95. The minimum absolute atomic E-state index is 0.0279. The third-order valence-corrected chi connectivity index (χ3v) is 4.08.